The smallest absolute Gasteiger partial charge is 0.234 e. The number of carbonyl (C=O) groups excluding carboxylic acids is 2. The van der Waals surface area contributed by atoms with Gasteiger partial charge in [-0.25, -0.2) is 0 Å². The van der Waals surface area contributed by atoms with Crippen molar-refractivity contribution in [2.45, 2.75) is 19.8 Å². The third-order valence-corrected chi connectivity index (χ3v) is 3.23. The largest absolute Gasteiger partial charge is 0.355 e. The highest BCUT2D eigenvalue weighted by Gasteiger charge is 2.19. The van der Waals surface area contributed by atoms with Crippen molar-refractivity contribution in [2.24, 2.45) is 11.7 Å². The number of carbonyl (C=O) groups is 2. The van der Waals surface area contributed by atoms with Gasteiger partial charge in [0.2, 0.25) is 11.8 Å². The Bertz CT molecular complexity index is 275. The van der Waals surface area contributed by atoms with Gasteiger partial charge in [-0.15, -0.1) is 0 Å². The molecule has 4 N–H and O–H groups in total. The van der Waals surface area contributed by atoms with E-state index in [0.717, 1.165) is 32.5 Å². The van der Waals surface area contributed by atoms with E-state index in [1.165, 1.54) is 6.92 Å². The maximum Gasteiger partial charge on any atom is 0.234 e. The molecule has 0 unspecified atom stereocenters. The molecule has 0 spiro atoms. The summed E-state index contributed by atoms with van der Waals surface area (Å²) in [5, 5.41) is 5.43. The van der Waals surface area contributed by atoms with Gasteiger partial charge in [-0.1, -0.05) is 0 Å². The molecule has 0 bridgehead atoms. The summed E-state index contributed by atoms with van der Waals surface area (Å²) in [6.45, 7) is 5.51. The Kier molecular flexibility index (Phi) is 6.67. The first-order chi connectivity index (χ1) is 8.61. The average Bonchev–Trinajstić information content (AvgIpc) is 2.35. The van der Waals surface area contributed by atoms with Gasteiger partial charge in [0.25, 0.3) is 0 Å². The Labute approximate surface area is 108 Å². The van der Waals surface area contributed by atoms with E-state index < -0.39 is 0 Å². The fourth-order valence-electron chi connectivity index (χ4n) is 2.08. The number of piperidine rings is 1. The lowest BCUT2D eigenvalue weighted by Gasteiger charge is -2.30. The highest BCUT2D eigenvalue weighted by atomic mass is 16.2. The molecule has 0 radical (unpaired) electrons. The van der Waals surface area contributed by atoms with E-state index in [9.17, 15) is 9.59 Å². The lowest BCUT2D eigenvalue weighted by Crippen LogP contribution is -2.43. The molecule has 0 aromatic heterocycles. The molecule has 1 aliphatic rings. The van der Waals surface area contributed by atoms with Crippen molar-refractivity contribution >= 4 is 11.8 Å². The minimum absolute atomic E-state index is 0.0200. The Morgan fingerprint density at radius 2 is 1.83 bits per heavy atom. The Morgan fingerprint density at radius 3 is 2.39 bits per heavy atom. The van der Waals surface area contributed by atoms with Gasteiger partial charge in [0.05, 0.1) is 6.54 Å². The molecule has 18 heavy (non-hydrogen) atoms. The third kappa shape index (κ3) is 5.97. The normalized spacial score (nSPS) is 17.4. The van der Waals surface area contributed by atoms with Crippen LogP contribution in [0.15, 0.2) is 0 Å². The number of nitrogens with zero attached hydrogens (tertiary/aromatic N) is 1. The molecule has 1 saturated heterocycles. The van der Waals surface area contributed by atoms with E-state index in [1.807, 2.05) is 0 Å². The van der Waals surface area contributed by atoms with E-state index in [2.05, 4.69) is 15.5 Å². The third-order valence-electron chi connectivity index (χ3n) is 3.23. The molecule has 104 valence electrons. The molecule has 1 rings (SSSR count). The van der Waals surface area contributed by atoms with E-state index in [1.54, 1.807) is 0 Å². The van der Waals surface area contributed by atoms with E-state index in [0.29, 0.717) is 25.6 Å². The summed E-state index contributed by atoms with van der Waals surface area (Å²) in [4.78, 5) is 24.4. The number of nitrogens with one attached hydrogen (secondary N) is 2. The highest BCUT2D eigenvalue weighted by molar-refractivity contribution is 5.78. The molecule has 0 saturated carbocycles. The summed E-state index contributed by atoms with van der Waals surface area (Å²) in [7, 11) is 0. The zero-order valence-electron chi connectivity index (χ0n) is 11.1. The fourth-order valence-corrected chi connectivity index (χ4v) is 2.08. The van der Waals surface area contributed by atoms with Crippen LogP contribution in [0, 0.1) is 5.92 Å². The summed E-state index contributed by atoms with van der Waals surface area (Å²) in [6, 6.07) is 0. The van der Waals surface area contributed by atoms with Gasteiger partial charge in [0, 0.05) is 20.0 Å². The van der Waals surface area contributed by atoms with Crippen molar-refractivity contribution in [3.63, 3.8) is 0 Å². The van der Waals surface area contributed by atoms with Gasteiger partial charge in [-0.2, -0.15) is 0 Å². The highest BCUT2D eigenvalue weighted by Crippen LogP contribution is 2.14. The van der Waals surface area contributed by atoms with Crippen molar-refractivity contribution in [3.8, 4) is 0 Å². The second-order valence-electron chi connectivity index (χ2n) is 4.79. The van der Waals surface area contributed by atoms with E-state index in [-0.39, 0.29) is 11.8 Å². The molecule has 6 nitrogen and oxygen atoms in total. The van der Waals surface area contributed by atoms with Crippen LogP contribution in [0.3, 0.4) is 0 Å². The van der Waals surface area contributed by atoms with Crippen molar-refractivity contribution in [2.75, 3.05) is 39.3 Å². The zero-order valence-corrected chi connectivity index (χ0v) is 11.1. The molecule has 1 fully saturated rings. The van der Waals surface area contributed by atoms with Gasteiger partial charge in [-0.05, 0) is 38.4 Å². The van der Waals surface area contributed by atoms with Crippen LogP contribution in [0.25, 0.3) is 0 Å². The van der Waals surface area contributed by atoms with Crippen LogP contribution in [0.1, 0.15) is 19.8 Å². The lowest BCUT2D eigenvalue weighted by atomic mass is 9.97. The zero-order chi connectivity index (χ0) is 13.4. The second-order valence-corrected chi connectivity index (χ2v) is 4.79. The summed E-state index contributed by atoms with van der Waals surface area (Å²) in [5.74, 6) is 0.559. The SMILES string of the molecule is CC(=O)NCCNC(=O)CN1CCC(CN)CC1. The second kappa shape index (κ2) is 8.05. The van der Waals surface area contributed by atoms with Gasteiger partial charge >= 0.3 is 0 Å². The van der Waals surface area contributed by atoms with Gasteiger partial charge in [0.15, 0.2) is 0 Å². The summed E-state index contributed by atoms with van der Waals surface area (Å²) in [6.07, 6.45) is 2.16. The first kappa shape index (κ1) is 14.9. The Hall–Kier alpha value is -1.14. The predicted molar refractivity (Wildman–Crippen MR) is 69.9 cm³/mol. The standard InChI is InChI=1S/C12H24N4O2/c1-10(17)14-4-5-15-12(18)9-16-6-2-11(8-13)3-7-16/h11H,2-9,13H2,1H3,(H,14,17)(H,15,18). The molecule has 1 aliphatic heterocycles. The van der Waals surface area contributed by atoms with E-state index in [4.69, 9.17) is 5.73 Å². The summed E-state index contributed by atoms with van der Waals surface area (Å²) < 4.78 is 0. The van der Waals surface area contributed by atoms with Crippen molar-refractivity contribution < 1.29 is 9.59 Å². The van der Waals surface area contributed by atoms with Gasteiger partial charge < -0.3 is 16.4 Å². The molecule has 0 aliphatic carbocycles. The van der Waals surface area contributed by atoms with Crippen LogP contribution in [0.5, 0.6) is 0 Å². The summed E-state index contributed by atoms with van der Waals surface area (Å²) in [5.41, 5.74) is 5.62. The number of nitrogens with two attached hydrogens (primary N) is 1. The maximum absolute atomic E-state index is 11.6. The minimum atomic E-state index is -0.0758. The molecule has 1 heterocycles. The van der Waals surface area contributed by atoms with Crippen LogP contribution in [0.2, 0.25) is 0 Å². The number of hydrogen-bond donors (Lipinski definition) is 3. The predicted octanol–water partition coefficient (Wildman–Crippen LogP) is -1.09. The number of rotatable bonds is 6. The number of amides is 2. The number of likely N-dealkylation sites (tertiary alicyclic amines) is 1. The Balaban J connectivity index is 2.08. The fraction of sp³-hybridized carbons (Fsp3) is 0.833. The van der Waals surface area contributed by atoms with Crippen LogP contribution < -0.4 is 16.4 Å². The van der Waals surface area contributed by atoms with E-state index >= 15 is 0 Å². The van der Waals surface area contributed by atoms with Crippen LogP contribution in [-0.4, -0.2) is 56.0 Å². The summed E-state index contributed by atoms with van der Waals surface area (Å²) >= 11 is 0. The van der Waals surface area contributed by atoms with Crippen LogP contribution in [-0.2, 0) is 9.59 Å². The molecule has 0 aromatic rings. The topological polar surface area (TPSA) is 87.5 Å². The molecule has 6 heteroatoms. The molecule has 2 amide bonds. The monoisotopic (exact) mass is 256 g/mol. The van der Waals surface area contributed by atoms with Crippen molar-refractivity contribution in [1.29, 1.82) is 0 Å². The van der Waals surface area contributed by atoms with Crippen molar-refractivity contribution in [1.82, 2.24) is 15.5 Å². The molecule has 0 aromatic carbocycles. The quantitative estimate of drug-likeness (QED) is 0.527. The van der Waals surface area contributed by atoms with Gasteiger partial charge in [-0.3, -0.25) is 14.5 Å². The first-order valence-corrected chi connectivity index (χ1v) is 6.55. The molecular weight excluding hydrogens is 232 g/mol. The van der Waals surface area contributed by atoms with Crippen LogP contribution in [0.4, 0.5) is 0 Å². The molecular formula is C12H24N4O2. The number of hydrogen-bond acceptors (Lipinski definition) is 4. The average molecular weight is 256 g/mol. The maximum atomic E-state index is 11.6. The minimum Gasteiger partial charge on any atom is -0.355 e. The Morgan fingerprint density at radius 1 is 1.22 bits per heavy atom. The lowest BCUT2D eigenvalue weighted by molar-refractivity contribution is -0.123. The van der Waals surface area contributed by atoms with Gasteiger partial charge in [0.1, 0.15) is 0 Å². The van der Waals surface area contributed by atoms with Crippen LogP contribution >= 0.6 is 0 Å². The van der Waals surface area contributed by atoms with Crippen molar-refractivity contribution in [3.05, 3.63) is 0 Å². The first-order valence-electron chi connectivity index (χ1n) is 6.55. The molecule has 0 atom stereocenters.